The average Bonchev–Trinajstić information content (AvgIpc) is 3.25. The molecule has 40 heavy (non-hydrogen) atoms. The van der Waals surface area contributed by atoms with Gasteiger partial charge in [-0.3, -0.25) is 14.7 Å². The maximum Gasteiger partial charge on any atom is 0.231 e. The van der Waals surface area contributed by atoms with E-state index in [1.165, 1.54) is 18.1 Å². The molecule has 3 N–H and O–H groups in total. The van der Waals surface area contributed by atoms with E-state index in [4.69, 9.17) is 15.3 Å². The number of piperidine rings is 1. The van der Waals surface area contributed by atoms with Gasteiger partial charge in [0.15, 0.2) is 0 Å². The van der Waals surface area contributed by atoms with Crippen LogP contribution in [0.15, 0.2) is 45.9 Å². The topological polar surface area (TPSA) is 122 Å². The fourth-order valence-corrected chi connectivity index (χ4v) is 5.26. The van der Waals surface area contributed by atoms with Gasteiger partial charge in [-0.15, -0.1) is 0 Å². The number of hydrogen-bond acceptors (Lipinski definition) is 8. The summed E-state index contributed by atoms with van der Waals surface area (Å²) >= 11 is 1.57. The van der Waals surface area contributed by atoms with E-state index in [-0.39, 0.29) is 23.5 Å². The molecule has 2 aromatic rings. The number of likely N-dealkylation sites (N-methyl/N-ethyl adjacent to an activating group) is 1. The van der Waals surface area contributed by atoms with Crippen molar-refractivity contribution in [1.29, 1.82) is 0 Å². The summed E-state index contributed by atoms with van der Waals surface area (Å²) in [4.78, 5) is 29.8. The third-order valence-electron chi connectivity index (χ3n) is 6.46. The van der Waals surface area contributed by atoms with E-state index in [0.717, 1.165) is 67.4 Å². The number of amides is 1. The van der Waals surface area contributed by atoms with Crippen molar-refractivity contribution >= 4 is 36.7 Å². The van der Waals surface area contributed by atoms with Gasteiger partial charge >= 0.3 is 0 Å². The number of carbonyl (C=O) groups excluding carboxylic acids is 2. The number of nitrogens with two attached hydrogens (primary N) is 1. The van der Waals surface area contributed by atoms with Crippen molar-refractivity contribution in [3.63, 3.8) is 0 Å². The van der Waals surface area contributed by atoms with Gasteiger partial charge in [-0.1, -0.05) is 50.6 Å². The number of aliphatic imine (C=N–C) groups is 1. The molecular formula is C30H44N6O3S. The summed E-state index contributed by atoms with van der Waals surface area (Å²) in [5.74, 6) is 2.31. The standard InChI is InChI=1S/C25H32N4OS.C3H8N2O.C2H4O/c1-18-6-8-19(9-7-18)21-14-20-15-25(30-22(20)16-27-21)10-12-29(13-11-25)17-31-28-23(26-5)24(2,3)4;1-5-2-3(4)6;1-2-3/h6-9,14,16H,5,10-13,15,17H2,1-4H3;5H,2H2,1H3,(H2,4,6);2H,1H3/b28-23-;;. The summed E-state index contributed by atoms with van der Waals surface area (Å²) in [6.07, 6.45) is 5.68. The van der Waals surface area contributed by atoms with E-state index < -0.39 is 0 Å². The van der Waals surface area contributed by atoms with Gasteiger partial charge < -0.3 is 20.6 Å². The highest BCUT2D eigenvalue weighted by Gasteiger charge is 2.42. The van der Waals surface area contributed by atoms with E-state index in [0.29, 0.717) is 0 Å². The monoisotopic (exact) mass is 568 g/mol. The van der Waals surface area contributed by atoms with Crippen LogP contribution in [0.3, 0.4) is 0 Å². The number of aldehydes is 1. The summed E-state index contributed by atoms with van der Waals surface area (Å²) in [6, 6.07) is 10.8. The maximum atomic E-state index is 9.76. The lowest BCUT2D eigenvalue weighted by Gasteiger charge is -2.38. The molecule has 1 aromatic heterocycles. The molecule has 0 aliphatic carbocycles. The molecule has 3 heterocycles. The fraction of sp³-hybridized carbons (Fsp3) is 0.500. The van der Waals surface area contributed by atoms with Crippen LogP contribution in [0.1, 0.15) is 51.7 Å². The van der Waals surface area contributed by atoms with Crippen LogP contribution >= 0.6 is 11.9 Å². The molecule has 218 valence electrons. The second-order valence-electron chi connectivity index (χ2n) is 10.9. The second kappa shape index (κ2) is 15.6. The van der Waals surface area contributed by atoms with Gasteiger partial charge in [-0.2, -0.15) is 4.40 Å². The molecule has 0 bridgehead atoms. The van der Waals surface area contributed by atoms with Crippen molar-refractivity contribution in [2.75, 3.05) is 32.6 Å². The number of amidine groups is 1. The fourth-order valence-electron chi connectivity index (χ4n) is 4.33. The van der Waals surface area contributed by atoms with Crippen LogP contribution in [0.5, 0.6) is 5.75 Å². The first-order valence-electron chi connectivity index (χ1n) is 13.4. The van der Waals surface area contributed by atoms with Crippen LogP contribution in [0.2, 0.25) is 0 Å². The summed E-state index contributed by atoms with van der Waals surface area (Å²) in [5, 5.41) is 2.59. The number of carbonyl (C=O) groups is 2. The molecule has 1 fully saturated rings. The number of aromatic nitrogens is 1. The highest BCUT2D eigenvalue weighted by Crippen LogP contribution is 2.42. The summed E-state index contributed by atoms with van der Waals surface area (Å²) in [6.45, 7) is 15.8. The number of ether oxygens (including phenoxy) is 1. The molecule has 0 radical (unpaired) electrons. The molecule has 1 saturated heterocycles. The summed E-state index contributed by atoms with van der Waals surface area (Å²) in [5.41, 5.74) is 9.27. The van der Waals surface area contributed by atoms with Crippen molar-refractivity contribution in [2.24, 2.45) is 20.5 Å². The lowest BCUT2D eigenvalue weighted by atomic mass is 9.87. The zero-order valence-corrected chi connectivity index (χ0v) is 25.5. The Bertz CT molecular complexity index is 1150. The van der Waals surface area contributed by atoms with E-state index >= 15 is 0 Å². The van der Waals surface area contributed by atoms with E-state index in [1.54, 1.807) is 19.0 Å². The predicted molar refractivity (Wildman–Crippen MR) is 166 cm³/mol. The number of primary amides is 1. The minimum absolute atomic E-state index is 0.0738. The molecule has 1 aromatic carbocycles. The maximum absolute atomic E-state index is 9.76. The summed E-state index contributed by atoms with van der Waals surface area (Å²) < 4.78 is 11.0. The number of hydrogen-bond donors (Lipinski definition) is 2. The molecule has 10 heteroatoms. The number of nitrogens with one attached hydrogen (secondary N) is 1. The minimum Gasteiger partial charge on any atom is -0.485 e. The third kappa shape index (κ3) is 10.1. The zero-order chi connectivity index (χ0) is 29.8. The first-order valence-corrected chi connectivity index (χ1v) is 14.4. The third-order valence-corrected chi connectivity index (χ3v) is 7.25. The first-order chi connectivity index (χ1) is 19.0. The Balaban J connectivity index is 0.000000544. The van der Waals surface area contributed by atoms with Crippen molar-refractivity contribution in [2.45, 2.75) is 59.5 Å². The molecule has 1 amide bonds. The second-order valence-corrected chi connectivity index (χ2v) is 11.6. The minimum atomic E-state index is -0.322. The molecule has 1 spiro atoms. The number of rotatable bonds is 6. The number of likely N-dealkylation sites (tertiary alicyclic amines) is 1. The Labute approximate surface area is 243 Å². The Morgan fingerprint density at radius 1 is 1.27 bits per heavy atom. The van der Waals surface area contributed by atoms with E-state index in [2.05, 4.69) is 89.3 Å². The Kier molecular flexibility index (Phi) is 13.0. The van der Waals surface area contributed by atoms with Crippen molar-refractivity contribution < 1.29 is 14.3 Å². The molecule has 0 atom stereocenters. The number of nitrogens with zero attached hydrogens (tertiary/aromatic N) is 4. The lowest BCUT2D eigenvalue weighted by molar-refractivity contribution is -0.117. The zero-order valence-electron chi connectivity index (χ0n) is 24.7. The highest BCUT2D eigenvalue weighted by atomic mass is 32.2. The van der Waals surface area contributed by atoms with Crippen LogP contribution in [-0.2, 0) is 16.0 Å². The van der Waals surface area contributed by atoms with Crippen LogP contribution in [0, 0.1) is 12.3 Å². The van der Waals surface area contributed by atoms with Gasteiger partial charge in [0.1, 0.15) is 23.5 Å². The van der Waals surface area contributed by atoms with Gasteiger partial charge in [-0.25, -0.2) is 4.99 Å². The molecule has 4 rings (SSSR count). The van der Waals surface area contributed by atoms with Crippen LogP contribution in [0.25, 0.3) is 11.3 Å². The quantitative estimate of drug-likeness (QED) is 0.228. The summed E-state index contributed by atoms with van der Waals surface area (Å²) in [7, 11) is 1.67. The van der Waals surface area contributed by atoms with Crippen molar-refractivity contribution in [3.05, 3.63) is 47.7 Å². The van der Waals surface area contributed by atoms with E-state index in [1.807, 2.05) is 6.20 Å². The predicted octanol–water partition coefficient (Wildman–Crippen LogP) is 4.47. The van der Waals surface area contributed by atoms with Crippen LogP contribution in [-0.4, -0.2) is 72.8 Å². The first kappa shape index (κ1) is 33.1. The van der Waals surface area contributed by atoms with E-state index in [9.17, 15) is 4.79 Å². The highest BCUT2D eigenvalue weighted by molar-refractivity contribution is 7.98. The number of pyridine rings is 1. The molecule has 0 unspecified atom stereocenters. The number of benzene rings is 1. The SMILES string of the molecule is C=N/C(=N\SCN1CCC2(CC1)Cc1cc(-c3ccc(C)cc3)ncc1O2)C(C)(C)C.CC=O.CNCC(N)=O. The molecular weight excluding hydrogens is 524 g/mol. The number of aryl methyl sites for hydroxylation is 1. The average molecular weight is 569 g/mol. The van der Waals surface area contributed by atoms with Gasteiger partial charge in [0.2, 0.25) is 5.91 Å². The number of fused-ring (bicyclic) bond motifs is 1. The lowest BCUT2D eigenvalue weighted by Crippen LogP contribution is -2.47. The Morgan fingerprint density at radius 3 is 2.40 bits per heavy atom. The van der Waals surface area contributed by atoms with Gasteiger partial charge in [0, 0.05) is 48.9 Å². The van der Waals surface area contributed by atoms with Crippen LogP contribution in [0.4, 0.5) is 0 Å². The van der Waals surface area contributed by atoms with Gasteiger partial charge in [0.05, 0.1) is 24.3 Å². The van der Waals surface area contributed by atoms with Gasteiger partial charge in [0.25, 0.3) is 0 Å². The van der Waals surface area contributed by atoms with Crippen LogP contribution < -0.4 is 15.8 Å². The normalized spacial score (nSPS) is 16.0. The molecule has 9 nitrogen and oxygen atoms in total. The van der Waals surface area contributed by atoms with Crippen molar-refractivity contribution in [3.8, 4) is 17.0 Å². The Morgan fingerprint density at radius 2 is 1.90 bits per heavy atom. The van der Waals surface area contributed by atoms with Crippen molar-refractivity contribution in [1.82, 2.24) is 15.2 Å². The molecule has 2 aliphatic rings. The largest absolute Gasteiger partial charge is 0.485 e. The Hall–Kier alpha value is -3.08. The molecule has 2 aliphatic heterocycles. The smallest absolute Gasteiger partial charge is 0.231 e. The molecule has 0 saturated carbocycles. The van der Waals surface area contributed by atoms with Gasteiger partial charge in [-0.05, 0) is 45.6 Å².